The molecule has 0 saturated heterocycles. The third-order valence-electron chi connectivity index (χ3n) is 4.06. The van der Waals surface area contributed by atoms with Gasteiger partial charge in [0.1, 0.15) is 5.01 Å². The third kappa shape index (κ3) is 2.22. The molecule has 1 atom stereocenters. The van der Waals surface area contributed by atoms with E-state index in [0.29, 0.717) is 6.04 Å². The maximum Gasteiger partial charge on any atom is 0.116 e. The summed E-state index contributed by atoms with van der Waals surface area (Å²) >= 11 is 1.91. The number of fused-ring (bicyclic) bond motifs is 1. The first kappa shape index (κ1) is 12.6. The number of ether oxygens (including phenoxy) is 1. The number of thiazole rings is 1. The van der Waals surface area contributed by atoms with Crippen LogP contribution in [0.2, 0.25) is 0 Å². The third-order valence-corrected chi connectivity index (χ3v) is 5.42. The Hall–Kier alpha value is -0.450. The molecule has 1 saturated carbocycles. The molecule has 100 valence electrons. The molecular formula is C14H22N2OS. The van der Waals surface area contributed by atoms with Crippen LogP contribution in [0, 0.1) is 0 Å². The molecule has 3 rings (SSSR count). The predicted molar refractivity (Wildman–Crippen MR) is 74.1 cm³/mol. The highest BCUT2D eigenvalue weighted by atomic mass is 32.1. The zero-order chi connectivity index (χ0) is 12.6. The molecule has 0 amide bonds. The van der Waals surface area contributed by atoms with E-state index in [1.54, 1.807) is 7.11 Å². The predicted octanol–water partition coefficient (Wildman–Crippen LogP) is 2.64. The van der Waals surface area contributed by atoms with Crippen molar-refractivity contribution in [2.45, 2.75) is 57.0 Å². The molecule has 1 fully saturated rings. The number of aryl methyl sites for hydroxylation is 2. The first-order valence-electron chi connectivity index (χ1n) is 7.03. The SMILES string of the molecule is CCC(COC)(NC1CC1)c1nc2c(s1)CCC2. The summed E-state index contributed by atoms with van der Waals surface area (Å²) in [6.45, 7) is 2.97. The summed E-state index contributed by atoms with van der Waals surface area (Å²) in [5.74, 6) is 0. The smallest absolute Gasteiger partial charge is 0.116 e. The Morgan fingerprint density at radius 1 is 1.44 bits per heavy atom. The van der Waals surface area contributed by atoms with Gasteiger partial charge in [0, 0.05) is 18.0 Å². The van der Waals surface area contributed by atoms with Crippen LogP contribution in [0.5, 0.6) is 0 Å². The number of nitrogens with zero attached hydrogens (tertiary/aromatic N) is 1. The van der Waals surface area contributed by atoms with E-state index in [-0.39, 0.29) is 5.54 Å². The van der Waals surface area contributed by atoms with Gasteiger partial charge in [-0.05, 0) is 38.5 Å². The van der Waals surface area contributed by atoms with Crippen molar-refractivity contribution in [2.75, 3.05) is 13.7 Å². The second-order valence-electron chi connectivity index (χ2n) is 5.53. The second kappa shape index (κ2) is 4.91. The topological polar surface area (TPSA) is 34.1 Å². The molecule has 0 spiro atoms. The molecule has 2 aliphatic carbocycles. The van der Waals surface area contributed by atoms with Crippen molar-refractivity contribution in [1.82, 2.24) is 10.3 Å². The van der Waals surface area contributed by atoms with Gasteiger partial charge in [0.05, 0.1) is 17.8 Å². The molecule has 1 aromatic rings. The lowest BCUT2D eigenvalue weighted by Gasteiger charge is -2.31. The zero-order valence-corrected chi connectivity index (χ0v) is 12.1. The second-order valence-corrected chi connectivity index (χ2v) is 6.61. The van der Waals surface area contributed by atoms with E-state index < -0.39 is 0 Å². The van der Waals surface area contributed by atoms with E-state index in [1.807, 2.05) is 11.3 Å². The van der Waals surface area contributed by atoms with Gasteiger partial charge >= 0.3 is 0 Å². The molecule has 1 heterocycles. The Morgan fingerprint density at radius 3 is 2.89 bits per heavy atom. The quantitative estimate of drug-likeness (QED) is 0.859. The minimum atomic E-state index is -0.0507. The number of hydrogen-bond donors (Lipinski definition) is 1. The summed E-state index contributed by atoms with van der Waals surface area (Å²) < 4.78 is 5.49. The molecule has 2 aliphatic rings. The first-order valence-corrected chi connectivity index (χ1v) is 7.85. The molecule has 1 aromatic heterocycles. The van der Waals surface area contributed by atoms with E-state index in [0.717, 1.165) is 13.0 Å². The van der Waals surface area contributed by atoms with Crippen molar-refractivity contribution in [1.29, 1.82) is 0 Å². The summed E-state index contributed by atoms with van der Waals surface area (Å²) in [7, 11) is 1.79. The maximum atomic E-state index is 5.49. The van der Waals surface area contributed by atoms with E-state index >= 15 is 0 Å². The monoisotopic (exact) mass is 266 g/mol. The number of nitrogens with one attached hydrogen (secondary N) is 1. The molecule has 0 aliphatic heterocycles. The molecule has 4 heteroatoms. The molecule has 3 nitrogen and oxygen atoms in total. The summed E-state index contributed by atoms with van der Waals surface area (Å²) in [5.41, 5.74) is 1.30. The minimum absolute atomic E-state index is 0.0507. The Morgan fingerprint density at radius 2 is 2.28 bits per heavy atom. The molecule has 18 heavy (non-hydrogen) atoms. The first-order chi connectivity index (χ1) is 8.77. The molecular weight excluding hydrogens is 244 g/mol. The number of rotatable bonds is 6. The van der Waals surface area contributed by atoms with Crippen LogP contribution in [0.3, 0.4) is 0 Å². The lowest BCUT2D eigenvalue weighted by atomic mass is 9.97. The van der Waals surface area contributed by atoms with Gasteiger partial charge in [-0.3, -0.25) is 0 Å². The minimum Gasteiger partial charge on any atom is -0.382 e. The Bertz CT molecular complexity index is 406. The number of hydrogen-bond acceptors (Lipinski definition) is 4. The van der Waals surface area contributed by atoms with Gasteiger partial charge in [0.2, 0.25) is 0 Å². The molecule has 1 N–H and O–H groups in total. The van der Waals surface area contributed by atoms with Crippen molar-refractivity contribution in [2.24, 2.45) is 0 Å². The average molecular weight is 266 g/mol. The van der Waals surface area contributed by atoms with Gasteiger partial charge < -0.3 is 10.1 Å². The molecule has 0 bridgehead atoms. The molecule has 1 unspecified atom stereocenters. The van der Waals surface area contributed by atoms with Crippen LogP contribution in [-0.2, 0) is 23.1 Å². The van der Waals surface area contributed by atoms with Crippen LogP contribution in [-0.4, -0.2) is 24.7 Å². The highest BCUT2D eigenvalue weighted by molar-refractivity contribution is 7.12. The van der Waals surface area contributed by atoms with Crippen LogP contribution >= 0.6 is 11.3 Å². The Labute approximate surface area is 113 Å². The lowest BCUT2D eigenvalue weighted by Crippen LogP contribution is -2.47. The van der Waals surface area contributed by atoms with Crippen molar-refractivity contribution in [3.8, 4) is 0 Å². The maximum absolute atomic E-state index is 5.49. The fourth-order valence-electron chi connectivity index (χ4n) is 2.78. The Balaban J connectivity index is 1.89. The van der Waals surface area contributed by atoms with Gasteiger partial charge in [-0.25, -0.2) is 4.98 Å². The van der Waals surface area contributed by atoms with Crippen LogP contribution < -0.4 is 5.32 Å². The summed E-state index contributed by atoms with van der Waals surface area (Å²) in [4.78, 5) is 6.42. The fourth-order valence-corrected chi connectivity index (χ4v) is 4.14. The van der Waals surface area contributed by atoms with Crippen LogP contribution in [0.25, 0.3) is 0 Å². The van der Waals surface area contributed by atoms with Crippen LogP contribution in [0.4, 0.5) is 0 Å². The van der Waals surface area contributed by atoms with Gasteiger partial charge in [0.15, 0.2) is 0 Å². The number of aromatic nitrogens is 1. The standard InChI is InChI=1S/C14H22N2OS/c1-3-14(9-17-2,16-10-7-8-10)13-15-11-5-4-6-12(11)18-13/h10,16H,3-9H2,1-2H3. The largest absolute Gasteiger partial charge is 0.382 e. The van der Waals surface area contributed by atoms with Crippen molar-refractivity contribution < 1.29 is 4.74 Å². The average Bonchev–Trinajstić information content (AvgIpc) is 2.89. The van der Waals surface area contributed by atoms with E-state index in [4.69, 9.17) is 9.72 Å². The zero-order valence-electron chi connectivity index (χ0n) is 11.3. The van der Waals surface area contributed by atoms with Gasteiger partial charge in [-0.2, -0.15) is 0 Å². The van der Waals surface area contributed by atoms with Crippen LogP contribution in [0.15, 0.2) is 0 Å². The summed E-state index contributed by atoms with van der Waals surface area (Å²) in [5, 5.41) is 5.04. The highest BCUT2D eigenvalue weighted by Gasteiger charge is 2.39. The molecule has 0 aromatic carbocycles. The summed E-state index contributed by atoms with van der Waals surface area (Å²) in [6.07, 6.45) is 7.33. The van der Waals surface area contributed by atoms with Crippen molar-refractivity contribution in [3.63, 3.8) is 0 Å². The van der Waals surface area contributed by atoms with Gasteiger partial charge in [-0.15, -0.1) is 11.3 Å². The number of methoxy groups -OCH3 is 1. The lowest BCUT2D eigenvalue weighted by molar-refractivity contribution is 0.103. The van der Waals surface area contributed by atoms with E-state index in [9.17, 15) is 0 Å². The van der Waals surface area contributed by atoms with Gasteiger partial charge in [0.25, 0.3) is 0 Å². The fraction of sp³-hybridized carbons (Fsp3) is 0.786. The molecule has 0 radical (unpaired) electrons. The van der Waals surface area contributed by atoms with Crippen LogP contribution in [0.1, 0.15) is 48.2 Å². The van der Waals surface area contributed by atoms with Gasteiger partial charge in [-0.1, -0.05) is 6.92 Å². The van der Waals surface area contributed by atoms with E-state index in [2.05, 4.69) is 12.2 Å². The van der Waals surface area contributed by atoms with Crippen molar-refractivity contribution >= 4 is 11.3 Å². The summed E-state index contributed by atoms with van der Waals surface area (Å²) in [6, 6.07) is 0.679. The Kier molecular flexibility index (Phi) is 3.43. The normalized spacial score (nSPS) is 21.9. The van der Waals surface area contributed by atoms with Crippen molar-refractivity contribution in [3.05, 3.63) is 15.6 Å². The van der Waals surface area contributed by atoms with E-state index in [1.165, 1.54) is 47.7 Å². The highest BCUT2D eigenvalue weighted by Crippen LogP contribution is 2.37.